The Morgan fingerprint density at radius 2 is 1.81 bits per heavy atom. The number of halogens is 2. The summed E-state index contributed by atoms with van der Waals surface area (Å²) in [4.78, 5) is 40.2. The van der Waals surface area contributed by atoms with Crippen molar-refractivity contribution in [2.24, 2.45) is 17.8 Å². The van der Waals surface area contributed by atoms with Crippen molar-refractivity contribution in [3.8, 4) is 0 Å². The van der Waals surface area contributed by atoms with Crippen LogP contribution in [0, 0.1) is 17.8 Å². The van der Waals surface area contributed by atoms with Crippen LogP contribution in [0.3, 0.4) is 0 Å². The van der Waals surface area contributed by atoms with E-state index < -0.39 is 62.6 Å². The first-order valence-electron chi connectivity index (χ1n) is 10.5. The lowest BCUT2D eigenvalue weighted by molar-refractivity contribution is -0.171. The van der Waals surface area contributed by atoms with Gasteiger partial charge < -0.3 is 14.4 Å². The lowest BCUT2D eigenvalue weighted by Gasteiger charge is -2.36. The molecule has 1 amide bonds. The molecule has 0 aromatic carbocycles. The minimum absolute atomic E-state index is 0.224. The molecule has 0 spiro atoms. The molecular weight excluding hydrogens is 472 g/mol. The summed E-state index contributed by atoms with van der Waals surface area (Å²) in [5.41, 5.74) is 0. The van der Waals surface area contributed by atoms with E-state index in [1.54, 1.807) is 18.7 Å². The van der Waals surface area contributed by atoms with Crippen molar-refractivity contribution in [3.05, 3.63) is 0 Å². The van der Waals surface area contributed by atoms with Crippen LogP contribution in [-0.2, 0) is 34.0 Å². The molecule has 0 aromatic heterocycles. The van der Waals surface area contributed by atoms with Crippen molar-refractivity contribution in [1.82, 2.24) is 4.90 Å². The number of amides is 1. The van der Waals surface area contributed by atoms with E-state index in [4.69, 9.17) is 14.0 Å². The van der Waals surface area contributed by atoms with Gasteiger partial charge in [0.1, 0.15) is 6.10 Å². The van der Waals surface area contributed by atoms with E-state index in [9.17, 15) is 31.6 Å². The molecule has 1 saturated carbocycles. The van der Waals surface area contributed by atoms with Crippen molar-refractivity contribution in [3.63, 3.8) is 0 Å². The number of ether oxygens (including phenoxy) is 2. The summed E-state index contributed by atoms with van der Waals surface area (Å²) >= 11 is 1.30. The normalized spacial score (nSPS) is 35.2. The number of carbonyl (C=O) groups excluding carboxylic acids is 3. The van der Waals surface area contributed by atoms with Gasteiger partial charge in [0.2, 0.25) is 5.91 Å². The molecule has 0 aromatic rings. The Morgan fingerprint density at radius 1 is 1.19 bits per heavy atom. The Bertz CT molecular complexity index is 938. The van der Waals surface area contributed by atoms with Gasteiger partial charge in [-0.1, -0.05) is 6.42 Å². The van der Waals surface area contributed by atoms with Crippen LogP contribution in [0.5, 0.6) is 0 Å². The van der Waals surface area contributed by atoms with E-state index in [1.807, 2.05) is 0 Å². The van der Waals surface area contributed by atoms with Gasteiger partial charge in [-0.2, -0.15) is 17.2 Å². The summed E-state index contributed by atoms with van der Waals surface area (Å²) in [6, 6.07) is -0.658. The zero-order valence-corrected chi connectivity index (χ0v) is 19.3. The molecule has 1 aliphatic carbocycles. The number of hydrogen-bond donors (Lipinski definition) is 1. The summed E-state index contributed by atoms with van der Waals surface area (Å²) < 4.78 is 69.1. The fourth-order valence-electron chi connectivity index (χ4n) is 5.07. The second-order valence-electron chi connectivity index (χ2n) is 9.09. The highest BCUT2D eigenvalue weighted by Gasteiger charge is 2.72. The number of thioether (sulfide) groups is 1. The van der Waals surface area contributed by atoms with E-state index in [0.29, 0.717) is 19.8 Å². The number of rotatable bonds is 7. The highest BCUT2D eigenvalue weighted by atomic mass is 32.2. The lowest BCUT2D eigenvalue weighted by Crippen LogP contribution is -2.53. The molecule has 7 atom stereocenters. The summed E-state index contributed by atoms with van der Waals surface area (Å²) in [7, 11) is -5.82. The maximum Gasteiger partial charge on any atom is 0.405 e. The first-order valence-corrected chi connectivity index (χ1v) is 12.9. The van der Waals surface area contributed by atoms with Crippen LogP contribution in [0.15, 0.2) is 0 Å². The Kier molecular flexibility index (Phi) is 5.77. The first kappa shape index (κ1) is 23.7. The van der Waals surface area contributed by atoms with Crippen LogP contribution in [0.4, 0.5) is 8.78 Å². The van der Waals surface area contributed by atoms with Gasteiger partial charge >= 0.3 is 27.3 Å². The average molecular weight is 498 g/mol. The van der Waals surface area contributed by atoms with Crippen LogP contribution in [0.2, 0.25) is 0 Å². The standard InChI is InChI=1S/C19H25F2NO8S2/c1-7(2)22-12-13(30-17(24)9-5-4-6-9)15-11(10(16(22)23)14(12)31-15)18(25)29-8(3)19(20,21)32(26,27)28/h7-15H,4-6H2,1-3H3,(H,26,27,28). The first-order chi connectivity index (χ1) is 14.8. The van der Waals surface area contributed by atoms with Gasteiger partial charge in [0.25, 0.3) is 0 Å². The molecule has 13 heteroatoms. The van der Waals surface area contributed by atoms with E-state index in [-0.39, 0.29) is 23.1 Å². The second-order valence-corrected chi connectivity index (χ2v) is 11.9. The van der Waals surface area contributed by atoms with Gasteiger partial charge in [-0.25, -0.2) is 0 Å². The van der Waals surface area contributed by atoms with Gasteiger partial charge in [-0.3, -0.25) is 18.9 Å². The topological polar surface area (TPSA) is 127 Å². The molecule has 180 valence electrons. The fraction of sp³-hybridized carbons (Fsp3) is 0.842. The molecule has 32 heavy (non-hydrogen) atoms. The summed E-state index contributed by atoms with van der Waals surface area (Å²) in [5.74, 6) is -4.14. The van der Waals surface area contributed by atoms with Crippen LogP contribution < -0.4 is 0 Å². The quantitative estimate of drug-likeness (QED) is 0.411. The van der Waals surface area contributed by atoms with Crippen LogP contribution in [-0.4, -0.2) is 75.8 Å². The Balaban J connectivity index is 1.60. The third-order valence-corrected chi connectivity index (χ3v) is 9.68. The van der Waals surface area contributed by atoms with E-state index >= 15 is 0 Å². The Labute approximate surface area is 188 Å². The molecule has 7 unspecified atom stereocenters. The van der Waals surface area contributed by atoms with Gasteiger partial charge in [-0.05, 0) is 33.6 Å². The zero-order valence-electron chi connectivity index (χ0n) is 17.6. The van der Waals surface area contributed by atoms with Gasteiger partial charge in [0, 0.05) is 11.3 Å². The number of hydrogen-bond acceptors (Lipinski definition) is 8. The Morgan fingerprint density at radius 3 is 2.31 bits per heavy atom. The summed E-state index contributed by atoms with van der Waals surface area (Å²) in [6.07, 6.45) is -0.930. The molecule has 4 fully saturated rings. The monoisotopic (exact) mass is 497 g/mol. The largest absolute Gasteiger partial charge is 0.459 e. The van der Waals surface area contributed by atoms with Crippen molar-refractivity contribution in [2.45, 2.75) is 80.1 Å². The predicted octanol–water partition coefficient (Wildman–Crippen LogP) is 1.46. The molecule has 3 saturated heterocycles. The fourth-order valence-corrected chi connectivity index (χ4v) is 7.62. The number of carbonyl (C=O) groups is 3. The number of fused-ring (bicyclic) bond motifs is 1. The number of alkyl halides is 2. The number of esters is 2. The molecule has 4 aliphatic rings. The SMILES string of the molecule is CC(C)N1C(=O)C2C3SC(C(OC(=O)C4CCC4)C31)C2C(=O)OC(C)C(F)(F)S(=O)(=O)O. The minimum Gasteiger partial charge on any atom is -0.459 e. The van der Waals surface area contributed by atoms with Crippen molar-refractivity contribution in [1.29, 1.82) is 0 Å². The van der Waals surface area contributed by atoms with Crippen molar-refractivity contribution >= 4 is 39.7 Å². The van der Waals surface area contributed by atoms with Gasteiger partial charge in [-0.15, -0.1) is 11.8 Å². The maximum absolute atomic E-state index is 13.9. The predicted molar refractivity (Wildman–Crippen MR) is 107 cm³/mol. The van der Waals surface area contributed by atoms with Crippen LogP contribution in [0.25, 0.3) is 0 Å². The molecule has 4 rings (SSSR count). The molecule has 2 bridgehead atoms. The van der Waals surface area contributed by atoms with Crippen molar-refractivity contribution in [2.75, 3.05) is 0 Å². The van der Waals surface area contributed by atoms with E-state index in [1.165, 1.54) is 11.8 Å². The average Bonchev–Trinajstić information content (AvgIpc) is 3.21. The molecule has 3 aliphatic heterocycles. The number of likely N-dealkylation sites (tertiary alicyclic amines) is 1. The summed E-state index contributed by atoms with van der Waals surface area (Å²) in [5, 5.41) is -5.76. The van der Waals surface area contributed by atoms with Crippen LogP contribution >= 0.6 is 11.8 Å². The molecular formula is C19H25F2NO8S2. The van der Waals surface area contributed by atoms with Gasteiger partial charge in [0.05, 0.1) is 29.0 Å². The van der Waals surface area contributed by atoms with E-state index in [0.717, 1.165) is 6.42 Å². The minimum atomic E-state index is -5.82. The molecule has 3 heterocycles. The zero-order chi connectivity index (χ0) is 23.7. The van der Waals surface area contributed by atoms with Crippen molar-refractivity contribution < 1.29 is 45.6 Å². The Hall–Kier alpha value is -1.47. The lowest BCUT2D eigenvalue weighted by atomic mass is 9.78. The summed E-state index contributed by atoms with van der Waals surface area (Å²) in [6.45, 7) is 4.25. The van der Waals surface area contributed by atoms with Gasteiger partial charge in [0.15, 0.2) is 6.10 Å². The third-order valence-electron chi connectivity index (χ3n) is 6.90. The van der Waals surface area contributed by atoms with E-state index in [2.05, 4.69) is 0 Å². The highest BCUT2D eigenvalue weighted by molar-refractivity contribution is 8.01. The highest BCUT2D eigenvalue weighted by Crippen LogP contribution is 2.60. The molecule has 0 radical (unpaired) electrons. The molecule has 1 N–H and O–H groups in total. The smallest absolute Gasteiger partial charge is 0.405 e. The molecule has 9 nitrogen and oxygen atoms in total. The third kappa shape index (κ3) is 3.42. The van der Waals surface area contributed by atoms with Crippen LogP contribution in [0.1, 0.15) is 40.0 Å². The number of nitrogens with zero attached hydrogens (tertiary/aromatic N) is 1. The maximum atomic E-state index is 13.9. The second kappa shape index (κ2) is 7.79.